The molecule has 0 aliphatic carbocycles. The van der Waals surface area contributed by atoms with E-state index in [0.717, 1.165) is 0 Å². The zero-order valence-corrected chi connectivity index (χ0v) is 9.73. The molecule has 0 heterocycles. The molecule has 1 unspecified atom stereocenters. The molecule has 0 aromatic heterocycles. The van der Waals surface area contributed by atoms with Crippen LogP contribution >= 0.6 is 0 Å². The summed E-state index contributed by atoms with van der Waals surface area (Å²) in [5.74, 6) is -21.6. The first-order chi connectivity index (χ1) is 8.94. The Labute approximate surface area is 108 Å². The van der Waals surface area contributed by atoms with Crippen LogP contribution in [-0.4, -0.2) is 42.8 Å². The molecule has 1 atom stereocenters. The summed E-state index contributed by atoms with van der Waals surface area (Å²) in [5.41, 5.74) is 0. The van der Waals surface area contributed by atoms with Gasteiger partial charge in [0.2, 0.25) is 6.10 Å². The minimum absolute atomic E-state index is 0.620. The summed E-state index contributed by atoms with van der Waals surface area (Å²) >= 11 is 0. The zero-order valence-electron chi connectivity index (χ0n) is 9.73. The second-order valence-corrected chi connectivity index (χ2v) is 3.65. The van der Waals surface area contributed by atoms with Crippen molar-refractivity contribution < 1.29 is 57.4 Å². The van der Waals surface area contributed by atoms with Crippen LogP contribution in [0.15, 0.2) is 0 Å². The van der Waals surface area contributed by atoms with Gasteiger partial charge in [-0.3, -0.25) is 0 Å². The van der Waals surface area contributed by atoms with E-state index >= 15 is 0 Å². The van der Waals surface area contributed by atoms with Gasteiger partial charge in [-0.25, -0.2) is 0 Å². The second-order valence-electron chi connectivity index (χ2n) is 3.65. The van der Waals surface area contributed by atoms with Crippen LogP contribution in [0.25, 0.3) is 0 Å². The molecule has 0 aromatic rings. The summed E-state index contributed by atoms with van der Waals surface area (Å²) < 4.78 is 151. The Morgan fingerprint density at radius 2 is 1.10 bits per heavy atom. The molecule has 0 aromatic carbocycles. The Morgan fingerprint density at radius 1 is 0.714 bits per heavy atom. The highest BCUT2D eigenvalue weighted by atomic mass is 19.4. The predicted octanol–water partition coefficient (Wildman–Crippen LogP) is 4.42. The predicted molar refractivity (Wildman–Crippen MR) is 42.4 cm³/mol. The van der Waals surface area contributed by atoms with Gasteiger partial charge in [0.1, 0.15) is 0 Å². The number of alkyl halides is 12. The van der Waals surface area contributed by atoms with Gasteiger partial charge >= 0.3 is 30.1 Å². The van der Waals surface area contributed by atoms with Gasteiger partial charge in [-0.05, 0) is 6.92 Å². The summed E-state index contributed by atoms with van der Waals surface area (Å²) in [4.78, 5) is 0. The van der Waals surface area contributed by atoms with Crippen LogP contribution in [0.2, 0.25) is 0 Å². The molecule has 0 saturated carbocycles. The van der Waals surface area contributed by atoms with E-state index in [2.05, 4.69) is 4.74 Å². The molecule has 0 fully saturated rings. The average Bonchev–Trinajstić information content (AvgIpc) is 2.21. The lowest BCUT2D eigenvalue weighted by Gasteiger charge is -2.37. The molecule has 0 rings (SSSR count). The summed E-state index contributed by atoms with van der Waals surface area (Å²) in [6.45, 7) is -0.664. The van der Waals surface area contributed by atoms with E-state index < -0.39 is 42.8 Å². The van der Waals surface area contributed by atoms with E-state index in [4.69, 9.17) is 0 Å². The third kappa shape index (κ3) is 3.31. The van der Waals surface area contributed by atoms with Crippen LogP contribution in [0.1, 0.15) is 6.92 Å². The lowest BCUT2D eigenvalue weighted by atomic mass is 9.98. The molecular weight excluding hydrogens is 340 g/mol. The van der Waals surface area contributed by atoms with Crippen molar-refractivity contribution in [2.45, 2.75) is 43.1 Å². The molecule has 0 bridgehead atoms. The maximum absolute atomic E-state index is 13.0. The lowest BCUT2D eigenvalue weighted by molar-refractivity contribution is -0.422. The maximum Gasteiger partial charge on any atom is 0.460 e. The number of hydrogen-bond acceptors (Lipinski definition) is 1. The molecule has 0 aliphatic rings. The molecule has 0 radical (unpaired) electrons. The maximum atomic E-state index is 13.0. The van der Waals surface area contributed by atoms with E-state index in [9.17, 15) is 52.7 Å². The largest absolute Gasteiger partial charge is 0.460 e. The van der Waals surface area contributed by atoms with Gasteiger partial charge in [0.05, 0.1) is 0 Å². The van der Waals surface area contributed by atoms with E-state index in [1.54, 1.807) is 0 Å². The molecule has 128 valence electrons. The molecule has 1 nitrogen and oxygen atoms in total. The summed E-state index contributed by atoms with van der Waals surface area (Å²) in [7, 11) is 0. The van der Waals surface area contributed by atoms with Gasteiger partial charge in [0.15, 0.2) is 0 Å². The van der Waals surface area contributed by atoms with Crippen molar-refractivity contribution in [3.05, 3.63) is 0 Å². The number of halogens is 12. The van der Waals surface area contributed by atoms with Crippen LogP contribution < -0.4 is 0 Å². The highest BCUT2D eigenvalue weighted by molar-refractivity contribution is 5.05. The molecular formula is C8H6F12O. The van der Waals surface area contributed by atoms with Crippen LogP contribution in [0, 0.1) is 0 Å². The van der Waals surface area contributed by atoms with E-state index in [1.165, 1.54) is 0 Å². The summed E-state index contributed by atoms with van der Waals surface area (Å²) in [5, 5.41) is 0. The zero-order chi connectivity index (χ0) is 17.5. The Hall–Kier alpha value is -0.880. The lowest BCUT2D eigenvalue weighted by Crippen LogP contribution is -2.67. The van der Waals surface area contributed by atoms with Crippen molar-refractivity contribution >= 4 is 0 Å². The Balaban J connectivity index is 5.96. The van der Waals surface area contributed by atoms with Crippen molar-refractivity contribution in [3.8, 4) is 0 Å². The molecule has 0 saturated heterocycles. The first-order valence-electron chi connectivity index (χ1n) is 4.83. The SMILES string of the molecule is CCOC(C(F)(F)F)C(F)(F)C(F)(F)C(F)(F)C(F)(F)F. The first-order valence-corrected chi connectivity index (χ1v) is 4.83. The monoisotopic (exact) mass is 346 g/mol. The normalized spacial score (nSPS) is 17.0. The number of ether oxygens (including phenoxy) is 1. The molecule has 0 N–H and O–H groups in total. The summed E-state index contributed by atoms with van der Waals surface area (Å²) in [6.07, 6.45) is -18.3. The fourth-order valence-electron chi connectivity index (χ4n) is 1.12. The minimum atomic E-state index is -7.40. The average molecular weight is 346 g/mol. The second kappa shape index (κ2) is 5.39. The molecule has 0 amide bonds. The number of rotatable bonds is 5. The fourth-order valence-corrected chi connectivity index (χ4v) is 1.12. The Bertz CT molecular complexity index is 353. The quantitative estimate of drug-likeness (QED) is 0.670. The Morgan fingerprint density at radius 3 is 1.33 bits per heavy atom. The van der Waals surface area contributed by atoms with Gasteiger partial charge < -0.3 is 4.74 Å². The van der Waals surface area contributed by atoms with Gasteiger partial charge in [-0.2, -0.15) is 52.7 Å². The van der Waals surface area contributed by atoms with Crippen molar-refractivity contribution in [2.24, 2.45) is 0 Å². The standard InChI is InChI=1S/C8H6F12O/c1-2-21-3(5(11,12)13)4(9,10)6(14,15)7(16,17)8(18,19)20/h3H,2H2,1H3. The Kier molecular flexibility index (Phi) is 5.17. The van der Waals surface area contributed by atoms with Crippen molar-refractivity contribution in [3.63, 3.8) is 0 Å². The summed E-state index contributed by atoms with van der Waals surface area (Å²) in [6, 6.07) is 0. The third-order valence-corrected chi connectivity index (χ3v) is 2.13. The van der Waals surface area contributed by atoms with Crippen molar-refractivity contribution in [2.75, 3.05) is 6.61 Å². The van der Waals surface area contributed by atoms with Crippen molar-refractivity contribution in [1.29, 1.82) is 0 Å². The van der Waals surface area contributed by atoms with Gasteiger partial charge in [-0.1, -0.05) is 0 Å². The van der Waals surface area contributed by atoms with E-state index in [1.807, 2.05) is 0 Å². The highest BCUT2D eigenvalue weighted by Crippen LogP contribution is 2.56. The van der Waals surface area contributed by atoms with Crippen molar-refractivity contribution in [1.82, 2.24) is 0 Å². The van der Waals surface area contributed by atoms with Gasteiger partial charge in [0, 0.05) is 6.61 Å². The highest BCUT2D eigenvalue weighted by Gasteiger charge is 2.85. The molecule has 0 spiro atoms. The van der Waals surface area contributed by atoms with Crippen LogP contribution in [0.4, 0.5) is 52.7 Å². The molecule has 21 heavy (non-hydrogen) atoms. The van der Waals surface area contributed by atoms with Crippen LogP contribution in [0.5, 0.6) is 0 Å². The van der Waals surface area contributed by atoms with E-state index in [0.29, 0.717) is 6.92 Å². The fraction of sp³-hybridized carbons (Fsp3) is 1.00. The van der Waals surface area contributed by atoms with Crippen LogP contribution in [-0.2, 0) is 4.74 Å². The van der Waals surface area contributed by atoms with E-state index in [-0.39, 0.29) is 0 Å². The van der Waals surface area contributed by atoms with Gasteiger partial charge in [-0.15, -0.1) is 0 Å². The number of hydrogen-bond donors (Lipinski definition) is 0. The first kappa shape index (κ1) is 20.1. The third-order valence-electron chi connectivity index (χ3n) is 2.13. The molecule has 0 aliphatic heterocycles. The topological polar surface area (TPSA) is 9.23 Å². The minimum Gasteiger partial charge on any atom is -0.363 e. The molecule has 13 heteroatoms. The smallest absolute Gasteiger partial charge is 0.363 e. The van der Waals surface area contributed by atoms with Gasteiger partial charge in [0.25, 0.3) is 0 Å². The van der Waals surface area contributed by atoms with Crippen LogP contribution in [0.3, 0.4) is 0 Å².